The smallest absolute Gasteiger partial charge is 0.338 e. The summed E-state index contributed by atoms with van der Waals surface area (Å²) in [5.41, 5.74) is 7.49. The minimum Gasteiger partial charge on any atom is -0.462 e. The maximum atomic E-state index is 11.5. The first-order valence-corrected chi connectivity index (χ1v) is 6.42. The lowest BCUT2D eigenvalue weighted by molar-refractivity contribution is 0.0526. The van der Waals surface area contributed by atoms with Crippen LogP contribution in [0.5, 0.6) is 0 Å². The molecule has 0 saturated heterocycles. The fourth-order valence-corrected chi connectivity index (χ4v) is 1.41. The van der Waals surface area contributed by atoms with E-state index in [2.05, 4.69) is 27.8 Å². The van der Waals surface area contributed by atoms with E-state index in [1.54, 1.807) is 25.1 Å². The zero-order chi connectivity index (χ0) is 12.7. The van der Waals surface area contributed by atoms with Crippen molar-refractivity contribution in [2.75, 3.05) is 17.7 Å². The second kappa shape index (κ2) is 6.97. The van der Waals surface area contributed by atoms with Gasteiger partial charge in [-0.05, 0) is 25.1 Å². The molecule has 0 amide bonds. The van der Waals surface area contributed by atoms with Crippen molar-refractivity contribution in [3.63, 3.8) is 0 Å². The molecule has 0 aliphatic heterocycles. The lowest BCUT2D eigenvalue weighted by atomic mass is 10.1. The van der Waals surface area contributed by atoms with E-state index in [0.29, 0.717) is 23.4 Å². The van der Waals surface area contributed by atoms with Crippen molar-refractivity contribution in [3.05, 3.63) is 29.3 Å². The standard InChI is InChI=1S/C13H14BrNO2/c1-2-17-13(16)11-6-7-12(15)10(9-11)5-3-4-8-14/h6-7,9H,2,4,8,15H2,1H3. The molecule has 0 aromatic heterocycles. The Balaban J connectivity index is 2.95. The summed E-state index contributed by atoms with van der Waals surface area (Å²) in [5.74, 6) is 5.55. The van der Waals surface area contributed by atoms with Gasteiger partial charge in [0.05, 0.1) is 12.2 Å². The number of benzene rings is 1. The third-order valence-electron chi connectivity index (χ3n) is 2.01. The number of nitrogen functional groups attached to an aromatic ring is 1. The molecule has 17 heavy (non-hydrogen) atoms. The lowest BCUT2D eigenvalue weighted by Gasteiger charge is -2.03. The molecule has 0 spiro atoms. The van der Waals surface area contributed by atoms with E-state index in [0.717, 1.165) is 11.8 Å². The van der Waals surface area contributed by atoms with Crippen LogP contribution in [0.15, 0.2) is 18.2 Å². The molecule has 0 aliphatic carbocycles. The molecule has 4 heteroatoms. The number of ether oxygens (including phenoxy) is 1. The maximum Gasteiger partial charge on any atom is 0.338 e. The number of nitrogens with two attached hydrogens (primary N) is 1. The Bertz CT molecular complexity index is 460. The van der Waals surface area contributed by atoms with Gasteiger partial charge in [0, 0.05) is 23.0 Å². The van der Waals surface area contributed by atoms with Crippen LogP contribution >= 0.6 is 15.9 Å². The third kappa shape index (κ3) is 4.12. The van der Waals surface area contributed by atoms with Crippen molar-refractivity contribution < 1.29 is 9.53 Å². The molecule has 0 fully saturated rings. The molecule has 0 aliphatic rings. The molecule has 0 radical (unpaired) electrons. The first-order chi connectivity index (χ1) is 8.19. The highest BCUT2D eigenvalue weighted by Crippen LogP contribution is 2.14. The molecule has 0 atom stereocenters. The minimum absolute atomic E-state index is 0.351. The SMILES string of the molecule is CCOC(=O)c1ccc(N)c(C#CCCBr)c1. The van der Waals surface area contributed by atoms with Gasteiger partial charge in [0.25, 0.3) is 0 Å². The number of carbonyl (C=O) groups excluding carboxylic acids is 1. The number of halogens is 1. The molecule has 2 N–H and O–H groups in total. The highest BCUT2D eigenvalue weighted by Gasteiger charge is 2.07. The number of alkyl halides is 1. The van der Waals surface area contributed by atoms with Crippen molar-refractivity contribution in [1.29, 1.82) is 0 Å². The van der Waals surface area contributed by atoms with E-state index < -0.39 is 0 Å². The average molecular weight is 296 g/mol. The summed E-state index contributed by atoms with van der Waals surface area (Å²) < 4.78 is 4.91. The first-order valence-electron chi connectivity index (χ1n) is 5.30. The largest absolute Gasteiger partial charge is 0.462 e. The first kappa shape index (κ1) is 13.6. The van der Waals surface area contributed by atoms with Crippen LogP contribution in [0, 0.1) is 11.8 Å². The van der Waals surface area contributed by atoms with E-state index in [1.807, 2.05) is 0 Å². The van der Waals surface area contributed by atoms with Gasteiger partial charge in [-0.15, -0.1) is 0 Å². The van der Waals surface area contributed by atoms with Crippen molar-refractivity contribution in [3.8, 4) is 11.8 Å². The van der Waals surface area contributed by atoms with E-state index in [9.17, 15) is 4.79 Å². The number of carbonyl (C=O) groups is 1. The number of hydrogen-bond donors (Lipinski definition) is 1. The summed E-state index contributed by atoms with van der Waals surface area (Å²) in [6.07, 6.45) is 0.739. The fraction of sp³-hybridized carbons (Fsp3) is 0.308. The van der Waals surface area contributed by atoms with Gasteiger partial charge in [0.15, 0.2) is 0 Å². The van der Waals surface area contributed by atoms with Crippen LogP contribution in [0.25, 0.3) is 0 Å². The van der Waals surface area contributed by atoms with Gasteiger partial charge in [-0.2, -0.15) is 0 Å². The average Bonchev–Trinajstić information content (AvgIpc) is 2.32. The third-order valence-corrected chi connectivity index (χ3v) is 2.40. The summed E-state index contributed by atoms with van der Waals surface area (Å²) in [6.45, 7) is 2.12. The van der Waals surface area contributed by atoms with Crippen molar-refractivity contribution >= 4 is 27.6 Å². The van der Waals surface area contributed by atoms with Gasteiger partial charge in [0.2, 0.25) is 0 Å². The van der Waals surface area contributed by atoms with Crippen LogP contribution < -0.4 is 5.73 Å². The van der Waals surface area contributed by atoms with Gasteiger partial charge < -0.3 is 10.5 Å². The molecule has 0 unspecified atom stereocenters. The zero-order valence-corrected chi connectivity index (χ0v) is 11.2. The predicted octanol–water partition coefficient (Wildman–Crippen LogP) is 2.58. The van der Waals surface area contributed by atoms with Crippen LogP contribution in [0.1, 0.15) is 29.3 Å². The summed E-state index contributed by atoms with van der Waals surface area (Å²) in [7, 11) is 0. The summed E-state index contributed by atoms with van der Waals surface area (Å²) in [4.78, 5) is 11.5. The number of rotatable bonds is 3. The molecular weight excluding hydrogens is 282 g/mol. The molecule has 3 nitrogen and oxygen atoms in total. The lowest BCUT2D eigenvalue weighted by Crippen LogP contribution is -2.05. The van der Waals surface area contributed by atoms with Gasteiger partial charge in [-0.1, -0.05) is 27.8 Å². The fourth-order valence-electron chi connectivity index (χ4n) is 1.21. The van der Waals surface area contributed by atoms with E-state index in [-0.39, 0.29) is 5.97 Å². The predicted molar refractivity (Wildman–Crippen MR) is 72.1 cm³/mol. The maximum absolute atomic E-state index is 11.5. The Labute approximate surface area is 109 Å². The van der Waals surface area contributed by atoms with E-state index in [1.165, 1.54) is 0 Å². The molecule has 1 aromatic rings. The Morgan fingerprint density at radius 1 is 1.53 bits per heavy atom. The second-order valence-corrected chi connectivity index (χ2v) is 4.06. The summed E-state index contributed by atoms with van der Waals surface area (Å²) in [5, 5.41) is 0.817. The molecule has 90 valence electrons. The Morgan fingerprint density at radius 2 is 2.29 bits per heavy atom. The second-order valence-electron chi connectivity index (χ2n) is 3.26. The van der Waals surface area contributed by atoms with Gasteiger partial charge in [0.1, 0.15) is 0 Å². The Morgan fingerprint density at radius 3 is 2.94 bits per heavy atom. The highest BCUT2D eigenvalue weighted by molar-refractivity contribution is 9.09. The summed E-state index contributed by atoms with van der Waals surface area (Å²) >= 11 is 3.29. The molecule has 0 saturated carbocycles. The number of anilines is 1. The summed E-state index contributed by atoms with van der Waals surface area (Å²) in [6, 6.07) is 4.97. The van der Waals surface area contributed by atoms with Gasteiger partial charge >= 0.3 is 5.97 Å². The minimum atomic E-state index is -0.351. The van der Waals surface area contributed by atoms with Gasteiger partial charge in [-0.25, -0.2) is 4.79 Å². The number of hydrogen-bond acceptors (Lipinski definition) is 3. The van der Waals surface area contributed by atoms with Crippen LogP contribution in [-0.4, -0.2) is 17.9 Å². The number of esters is 1. The van der Waals surface area contributed by atoms with Crippen molar-refractivity contribution in [2.24, 2.45) is 0 Å². The molecule has 0 bridgehead atoms. The molecular formula is C13H14BrNO2. The topological polar surface area (TPSA) is 52.3 Å². The van der Waals surface area contributed by atoms with Gasteiger partial charge in [-0.3, -0.25) is 0 Å². The molecule has 1 aromatic carbocycles. The quantitative estimate of drug-likeness (QED) is 0.404. The van der Waals surface area contributed by atoms with Crippen molar-refractivity contribution in [2.45, 2.75) is 13.3 Å². The monoisotopic (exact) mass is 295 g/mol. The van der Waals surface area contributed by atoms with E-state index in [4.69, 9.17) is 10.5 Å². The zero-order valence-electron chi connectivity index (χ0n) is 9.63. The van der Waals surface area contributed by atoms with Crippen LogP contribution in [0.3, 0.4) is 0 Å². The molecule has 1 rings (SSSR count). The van der Waals surface area contributed by atoms with Crippen LogP contribution in [-0.2, 0) is 4.74 Å². The normalized spacial score (nSPS) is 9.29. The highest BCUT2D eigenvalue weighted by atomic mass is 79.9. The Hall–Kier alpha value is -1.47. The van der Waals surface area contributed by atoms with E-state index >= 15 is 0 Å². The van der Waals surface area contributed by atoms with Crippen LogP contribution in [0.2, 0.25) is 0 Å². The molecule has 0 heterocycles. The Kier molecular flexibility index (Phi) is 5.58. The van der Waals surface area contributed by atoms with Crippen molar-refractivity contribution in [1.82, 2.24) is 0 Å². The van der Waals surface area contributed by atoms with Crippen LogP contribution in [0.4, 0.5) is 5.69 Å².